The molecule has 110 valence electrons. The third kappa shape index (κ3) is 4.08. The van der Waals surface area contributed by atoms with Crippen molar-refractivity contribution < 1.29 is 14.7 Å². The van der Waals surface area contributed by atoms with Crippen LogP contribution in [0.25, 0.3) is 0 Å². The van der Waals surface area contributed by atoms with E-state index in [0.717, 1.165) is 0 Å². The quantitative estimate of drug-likeness (QED) is 0.742. The van der Waals surface area contributed by atoms with Gasteiger partial charge in [-0.15, -0.1) is 0 Å². The van der Waals surface area contributed by atoms with Gasteiger partial charge in [0.05, 0.1) is 18.1 Å². The molecule has 2 aromatic carbocycles. The molecule has 0 aliphatic rings. The number of phenols is 1. The molecule has 6 heteroatoms. The molecule has 6 nitrogen and oxygen atoms in total. The van der Waals surface area contributed by atoms with E-state index in [4.69, 9.17) is 5.26 Å². The minimum Gasteiger partial charge on any atom is -0.508 e. The summed E-state index contributed by atoms with van der Waals surface area (Å²) in [5, 5.41) is 18.1. The SMILES string of the molecule is N#Cc1cccc(C(=O)NNC(=O)Cc2cccc(O)c2)c1. The Bertz CT molecular complexity index is 750. The largest absolute Gasteiger partial charge is 0.508 e. The lowest BCUT2D eigenvalue weighted by Crippen LogP contribution is -2.42. The first kappa shape index (κ1) is 15.1. The fourth-order valence-electron chi connectivity index (χ4n) is 1.82. The lowest BCUT2D eigenvalue weighted by atomic mass is 10.1. The second-order valence-corrected chi connectivity index (χ2v) is 4.54. The van der Waals surface area contributed by atoms with Gasteiger partial charge in [0.25, 0.3) is 5.91 Å². The Morgan fingerprint density at radius 1 is 1.09 bits per heavy atom. The van der Waals surface area contributed by atoms with Gasteiger partial charge in [-0.1, -0.05) is 18.2 Å². The summed E-state index contributed by atoms with van der Waals surface area (Å²) in [6.07, 6.45) is 0.0207. The van der Waals surface area contributed by atoms with Crippen molar-refractivity contribution in [3.05, 3.63) is 65.2 Å². The molecule has 0 fully saturated rings. The van der Waals surface area contributed by atoms with E-state index in [1.165, 1.54) is 24.3 Å². The number of amides is 2. The average Bonchev–Trinajstić information content (AvgIpc) is 2.52. The summed E-state index contributed by atoms with van der Waals surface area (Å²) in [4.78, 5) is 23.6. The van der Waals surface area contributed by atoms with Crippen molar-refractivity contribution in [3.8, 4) is 11.8 Å². The Morgan fingerprint density at radius 3 is 2.59 bits per heavy atom. The number of phenolic OH excluding ortho intramolecular Hbond substituents is 1. The number of aromatic hydroxyl groups is 1. The molecule has 0 aromatic heterocycles. The van der Waals surface area contributed by atoms with E-state index in [2.05, 4.69) is 10.9 Å². The Morgan fingerprint density at radius 2 is 1.86 bits per heavy atom. The van der Waals surface area contributed by atoms with Crippen LogP contribution in [-0.2, 0) is 11.2 Å². The number of hydrazine groups is 1. The Balaban J connectivity index is 1.90. The van der Waals surface area contributed by atoms with E-state index >= 15 is 0 Å². The zero-order chi connectivity index (χ0) is 15.9. The van der Waals surface area contributed by atoms with Crippen LogP contribution in [0.1, 0.15) is 21.5 Å². The predicted molar refractivity (Wildman–Crippen MR) is 78.6 cm³/mol. The molecule has 22 heavy (non-hydrogen) atoms. The van der Waals surface area contributed by atoms with Gasteiger partial charge in [0.15, 0.2) is 0 Å². The first-order valence-corrected chi connectivity index (χ1v) is 6.46. The zero-order valence-electron chi connectivity index (χ0n) is 11.5. The van der Waals surface area contributed by atoms with E-state index in [-0.39, 0.29) is 17.7 Å². The molecular formula is C16H13N3O3. The van der Waals surface area contributed by atoms with Crippen molar-refractivity contribution >= 4 is 11.8 Å². The summed E-state index contributed by atoms with van der Waals surface area (Å²) in [6, 6.07) is 14.4. The monoisotopic (exact) mass is 295 g/mol. The molecule has 0 spiro atoms. The van der Waals surface area contributed by atoms with E-state index in [9.17, 15) is 14.7 Å². The van der Waals surface area contributed by atoms with Crippen molar-refractivity contribution in [3.63, 3.8) is 0 Å². The number of hydrogen-bond acceptors (Lipinski definition) is 4. The smallest absolute Gasteiger partial charge is 0.269 e. The number of hydrogen-bond donors (Lipinski definition) is 3. The number of carbonyl (C=O) groups excluding carboxylic acids is 2. The van der Waals surface area contributed by atoms with Crippen LogP contribution in [0.5, 0.6) is 5.75 Å². The average molecular weight is 295 g/mol. The molecule has 0 bridgehead atoms. The highest BCUT2D eigenvalue weighted by Crippen LogP contribution is 2.11. The lowest BCUT2D eigenvalue weighted by Gasteiger charge is -2.08. The molecule has 0 saturated heterocycles. The highest BCUT2D eigenvalue weighted by molar-refractivity contribution is 5.95. The maximum absolute atomic E-state index is 11.8. The van der Waals surface area contributed by atoms with Gasteiger partial charge in [0.2, 0.25) is 5.91 Å². The van der Waals surface area contributed by atoms with Crippen LogP contribution in [0, 0.1) is 11.3 Å². The number of nitrogens with zero attached hydrogens (tertiary/aromatic N) is 1. The summed E-state index contributed by atoms with van der Waals surface area (Å²) < 4.78 is 0. The summed E-state index contributed by atoms with van der Waals surface area (Å²) in [6.45, 7) is 0. The van der Waals surface area contributed by atoms with Crippen molar-refractivity contribution in [1.82, 2.24) is 10.9 Å². The maximum Gasteiger partial charge on any atom is 0.269 e. The van der Waals surface area contributed by atoms with Crippen LogP contribution < -0.4 is 10.9 Å². The third-order valence-corrected chi connectivity index (χ3v) is 2.84. The number of carbonyl (C=O) groups is 2. The molecular weight excluding hydrogens is 282 g/mol. The van der Waals surface area contributed by atoms with Gasteiger partial charge in [-0.05, 0) is 35.9 Å². The first-order valence-electron chi connectivity index (χ1n) is 6.46. The molecule has 0 aliphatic carbocycles. The van der Waals surface area contributed by atoms with Gasteiger partial charge >= 0.3 is 0 Å². The van der Waals surface area contributed by atoms with Gasteiger partial charge in [-0.3, -0.25) is 20.4 Å². The topological polar surface area (TPSA) is 102 Å². The lowest BCUT2D eigenvalue weighted by molar-refractivity contribution is -0.121. The third-order valence-electron chi connectivity index (χ3n) is 2.84. The molecule has 0 heterocycles. The molecule has 3 N–H and O–H groups in total. The van der Waals surface area contributed by atoms with E-state index in [1.807, 2.05) is 6.07 Å². The summed E-state index contributed by atoms with van der Waals surface area (Å²) in [5.74, 6) is -0.862. The minimum absolute atomic E-state index is 0.0207. The minimum atomic E-state index is -0.513. The van der Waals surface area contributed by atoms with Gasteiger partial charge in [0, 0.05) is 5.56 Å². The highest BCUT2D eigenvalue weighted by atomic mass is 16.3. The summed E-state index contributed by atoms with van der Waals surface area (Å²) >= 11 is 0. The van der Waals surface area contributed by atoms with Crippen LogP contribution in [-0.4, -0.2) is 16.9 Å². The first-order chi connectivity index (χ1) is 10.6. The molecule has 0 saturated carbocycles. The van der Waals surface area contributed by atoms with Crippen LogP contribution in [0.4, 0.5) is 0 Å². The summed E-state index contributed by atoms with van der Waals surface area (Å²) in [5.41, 5.74) is 5.82. The molecule has 2 amide bonds. The van der Waals surface area contributed by atoms with Crippen molar-refractivity contribution in [1.29, 1.82) is 5.26 Å². The molecule has 2 aromatic rings. The second kappa shape index (κ2) is 6.90. The molecule has 0 radical (unpaired) electrons. The van der Waals surface area contributed by atoms with Gasteiger partial charge in [-0.25, -0.2) is 0 Å². The highest BCUT2D eigenvalue weighted by Gasteiger charge is 2.08. The fraction of sp³-hybridized carbons (Fsp3) is 0.0625. The molecule has 0 aliphatic heterocycles. The van der Waals surface area contributed by atoms with Crippen LogP contribution in [0.2, 0.25) is 0 Å². The maximum atomic E-state index is 11.8. The number of benzene rings is 2. The second-order valence-electron chi connectivity index (χ2n) is 4.54. The molecule has 0 unspecified atom stereocenters. The summed E-state index contributed by atoms with van der Waals surface area (Å²) in [7, 11) is 0. The Hall–Kier alpha value is -3.33. The number of nitrogens with one attached hydrogen (secondary N) is 2. The van der Waals surface area contributed by atoms with E-state index < -0.39 is 11.8 Å². The number of rotatable bonds is 3. The van der Waals surface area contributed by atoms with Gasteiger partial charge in [-0.2, -0.15) is 5.26 Å². The fourth-order valence-corrected chi connectivity index (χ4v) is 1.82. The van der Waals surface area contributed by atoms with Crippen molar-refractivity contribution in [2.75, 3.05) is 0 Å². The van der Waals surface area contributed by atoms with Crippen LogP contribution >= 0.6 is 0 Å². The van der Waals surface area contributed by atoms with Crippen molar-refractivity contribution in [2.45, 2.75) is 6.42 Å². The molecule has 0 atom stereocenters. The number of nitriles is 1. The molecule has 2 rings (SSSR count). The van der Waals surface area contributed by atoms with Gasteiger partial charge in [0.1, 0.15) is 5.75 Å². The van der Waals surface area contributed by atoms with Crippen LogP contribution in [0.15, 0.2) is 48.5 Å². The Kier molecular flexibility index (Phi) is 4.73. The van der Waals surface area contributed by atoms with Crippen molar-refractivity contribution in [2.24, 2.45) is 0 Å². The zero-order valence-corrected chi connectivity index (χ0v) is 11.5. The van der Waals surface area contributed by atoms with Gasteiger partial charge < -0.3 is 5.11 Å². The standard InChI is InChI=1S/C16H13N3O3/c17-10-12-4-1-5-13(7-12)16(22)19-18-15(21)9-11-3-2-6-14(20)8-11/h1-8,20H,9H2,(H,18,21)(H,19,22). The Labute approximate surface area is 127 Å². The van der Waals surface area contributed by atoms with E-state index in [1.54, 1.807) is 24.3 Å². The predicted octanol–water partition coefficient (Wildman–Crippen LogP) is 1.27. The van der Waals surface area contributed by atoms with Crippen LogP contribution in [0.3, 0.4) is 0 Å². The normalized spacial score (nSPS) is 9.59. The van der Waals surface area contributed by atoms with E-state index in [0.29, 0.717) is 11.1 Å².